The van der Waals surface area contributed by atoms with E-state index in [0.717, 1.165) is 30.3 Å². The second kappa shape index (κ2) is 7.59. The van der Waals surface area contributed by atoms with Crippen molar-refractivity contribution in [3.8, 4) is 5.88 Å². The summed E-state index contributed by atoms with van der Waals surface area (Å²) in [6, 6.07) is 3.43. The SMILES string of the molecule is COc1ncccc1NC(=O)N1CCN(Cc2csc(C)n2)CC1. The number of amides is 2. The largest absolute Gasteiger partial charge is 0.480 e. The fourth-order valence-corrected chi connectivity index (χ4v) is 3.27. The van der Waals surface area contributed by atoms with Crippen molar-refractivity contribution in [1.82, 2.24) is 19.8 Å². The van der Waals surface area contributed by atoms with Gasteiger partial charge in [-0.2, -0.15) is 0 Å². The predicted octanol–water partition coefficient (Wildman–Crippen LogP) is 2.20. The Morgan fingerprint density at radius 3 is 2.83 bits per heavy atom. The van der Waals surface area contributed by atoms with Gasteiger partial charge in [-0.3, -0.25) is 4.90 Å². The summed E-state index contributed by atoms with van der Waals surface area (Å²) in [5.41, 5.74) is 1.70. The molecule has 3 heterocycles. The number of hydrogen-bond donors (Lipinski definition) is 1. The lowest BCUT2D eigenvalue weighted by Crippen LogP contribution is -2.49. The molecule has 8 heteroatoms. The fraction of sp³-hybridized carbons (Fsp3) is 0.438. The van der Waals surface area contributed by atoms with Crippen LogP contribution in [0.2, 0.25) is 0 Å². The third-order valence-corrected chi connectivity index (χ3v) is 4.74. The zero-order chi connectivity index (χ0) is 16.9. The van der Waals surface area contributed by atoms with Crippen molar-refractivity contribution in [3.05, 3.63) is 34.4 Å². The molecule has 1 fully saturated rings. The number of carbonyl (C=O) groups is 1. The average molecular weight is 347 g/mol. The van der Waals surface area contributed by atoms with Gasteiger partial charge in [-0.25, -0.2) is 14.8 Å². The summed E-state index contributed by atoms with van der Waals surface area (Å²) in [5.74, 6) is 0.420. The molecule has 128 valence electrons. The number of thiazole rings is 1. The summed E-state index contributed by atoms with van der Waals surface area (Å²) in [7, 11) is 1.54. The average Bonchev–Trinajstić information content (AvgIpc) is 3.01. The van der Waals surface area contributed by atoms with Crippen LogP contribution in [0.4, 0.5) is 10.5 Å². The standard InChI is InChI=1S/C16H21N5O2S/c1-12-18-13(11-24-12)10-20-6-8-21(9-7-20)16(22)19-14-4-3-5-17-15(14)23-2/h3-5,11H,6-10H2,1-2H3,(H,19,22). The van der Waals surface area contributed by atoms with Gasteiger partial charge in [0, 0.05) is 44.3 Å². The molecular formula is C16H21N5O2S. The van der Waals surface area contributed by atoms with Crippen molar-refractivity contribution < 1.29 is 9.53 Å². The summed E-state index contributed by atoms with van der Waals surface area (Å²) in [6.45, 7) is 5.93. The molecule has 1 saturated heterocycles. The monoisotopic (exact) mass is 347 g/mol. The van der Waals surface area contributed by atoms with E-state index in [-0.39, 0.29) is 6.03 Å². The first-order chi connectivity index (χ1) is 11.7. The van der Waals surface area contributed by atoms with Gasteiger partial charge in [0.05, 0.1) is 17.8 Å². The van der Waals surface area contributed by atoms with Crippen LogP contribution in [-0.2, 0) is 6.54 Å². The summed E-state index contributed by atoms with van der Waals surface area (Å²) in [4.78, 5) is 25.1. The Kier molecular flexibility index (Phi) is 5.27. The number of ether oxygens (including phenoxy) is 1. The first kappa shape index (κ1) is 16.7. The number of nitrogens with zero attached hydrogens (tertiary/aromatic N) is 4. The topological polar surface area (TPSA) is 70.6 Å². The molecule has 7 nitrogen and oxygen atoms in total. The van der Waals surface area contributed by atoms with Gasteiger partial charge in [-0.05, 0) is 19.1 Å². The van der Waals surface area contributed by atoms with Crippen LogP contribution in [0, 0.1) is 6.92 Å². The normalized spacial score (nSPS) is 15.3. The van der Waals surface area contributed by atoms with Gasteiger partial charge in [0.2, 0.25) is 5.88 Å². The highest BCUT2D eigenvalue weighted by atomic mass is 32.1. The van der Waals surface area contributed by atoms with Gasteiger partial charge < -0.3 is 15.0 Å². The van der Waals surface area contributed by atoms with Crippen molar-refractivity contribution in [1.29, 1.82) is 0 Å². The molecule has 0 aliphatic carbocycles. The maximum Gasteiger partial charge on any atom is 0.322 e. The van der Waals surface area contributed by atoms with Crippen molar-refractivity contribution in [3.63, 3.8) is 0 Å². The van der Waals surface area contributed by atoms with Crippen LogP contribution < -0.4 is 10.1 Å². The first-order valence-corrected chi connectivity index (χ1v) is 8.72. The Morgan fingerprint density at radius 1 is 1.38 bits per heavy atom. The zero-order valence-corrected chi connectivity index (χ0v) is 14.7. The number of methoxy groups -OCH3 is 1. The summed E-state index contributed by atoms with van der Waals surface area (Å²) in [6.07, 6.45) is 1.63. The van der Waals surface area contributed by atoms with E-state index in [9.17, 15) is 4.79 Å². The second-order valence-electron chi connectivity index (χ2n) is 5.61. The molecule has 1 aliphatic heterocycles. The molecule has 2 aromatic rings. The molecule has 0 unspecified atom stereocenters. The number of pyridine rings is 1. The van der Waals surface area contributed by atoms with Crippen LogP contribution in [0.25, 0.3) is 0 Å². The minimum Gasteiger partial charge on any atom is -0.480 e. The summed E-state index contributed by atoms with van der Waals surface area (Å²) >= 11 is 1.67. The van der Waals surface area contributed by atoms with E-state index in [2.05, 4.69) is 25.6 Å². The van der Waals surface area contributed by atoms with E-state index < -0.39 is 0 Å². The molecule has 2 aromatic heterocycles. The Labute approximate surface area is 145 Å². The van der Waals surface area contributed by atoms with Gasteiger partial charge in [-0.1, -0.05) is 0 Å². The van der Waals surface area contributed by atoms with Crippen LogP contribution in [-0.4, -0.2) is 59.1 Å². The van der Waals surface area contributed by atoms with E-state index in [1.807, 2.05) is 11.8 Å². The molecule has 0 bridgehead atoms. The van der Waals surface area contributed by atoms with Gasteiger partial charge >= 0.3 is 6.03 Å². The minimum absolute atomic E-state index is 0.120. The molecule has 0 atom stereocenters. The number of aromatic nitrogens is 2. The van der Waals surface area contributed by atoms with Crippen LogP contribution in [0.5, 0.6) is 5.88 Å². The number of carbonyl (C=O) groups excluding carboxylic acids is 1. The van der Waals surface area contributed by atoms with Crippen LogP contribution in [0.1, 0.15) is 10.7 Å². The maximum absolute atomic E-state index is 12.4. The Bertz CT molecular complexity index is 697. The van der Waals surface area contributed by atoms with Gasteiger partial charge in [-0.15, -0.1) is 11.3 Å². The number of hydrogen-bond acceptors (Lipinski definition) is 6. The number of rotatable bonds is 4. The Hall–Kier alpha value is -2.19. The molecule has 1 aliphatic rings. The molecule has 24 heavy (non-hydrogen) atoms. The number of urea groups is 1. The molecule has 0 radical (unpaired) electrons. The number of nitrogens with one attached hydrogen (secondary N) is 1. The smallest absolute Gasteiger partial charge is 0.322 e. The van der Waals surface area contributed by atoms with Gasteiger partial charge in [0.1, 0.15) is 5.69 Å². The number of aryl methyl sites for hydroxylation is 1. The van der Waals surface area contributed by atoms with Crippen molar-refractivity contribution in [2.75, 3.05) is 38.6 Å². The highest BCUT2D eigenvalue weighted by molar-refractivity contribution is 7.09. The zero-order valence-electron chi connectivity index (χ0n) is 13.9. The molecular weight excluding hydrogens is 326 g/mol. The highest BCUT2D eigenvalue weighted by Crippen LogP contribution is 2.20. The molecule has 0 saturated carbocycles. The van der Waals surface area contributed by atoms with Crippen molar-refractivity contribution in [2.24, 2.45) is 0 Å². The summed E-state index contributed by atoms with van der Waals surface area (Å²) < 4.78 is 5.16. The lowest BCUT2D eigenvalue weighted by molar-refractivity contribution is 0.142. The third kappa shape index (κ3) is 4.01. The molecule has 2 amide bonds. The lowest BCUT2D eigenvalue weighted by Gasteiger charge is -2.34. The lowest BCUT2D eigenvalue weighted by atomic mass is 10.3. The molecule has 1 N–H and O–H groups in total. The molecule has 0 spiro atoms. The third-order valence-electron chi connectivity index (χ3n) is 3.92. The second-order valence-corrected chi connectivity index (χ2v) is 6.67. The molecule has 3 rings (SSSR count). The Morgan fingerprint density at radius 2 is 2.17 bits per heavy atom. The highest BCUT2D eigenvalue weighted by Gasteiger charge is 2.22. The van der Waals surface area contributed by atoms with E-state index in [1.54, 1.807) is 29.7 Å². The van der Waals surface area contributed by atoms with E-state index in [4.69, 9.17) is 4.74 Å². The van der Waals surface area contributed by atoms with Crippen molar-refractivity contribution >= 4 is 23.1 Å². The quantitative estimate of drug-likeness (QED) is 0.918. The van der Waals surface area contributed by atoms with Gasteiger partial charge in [0.15, 0.2) is 0 Å². The van der Waals surface area contributed by atoms with Gasteiger partial charge in [0.25, 0.3) is 0 Å². The van der Waals surface area contributed by atoms with Crippen LogP contribution in [0.3, 0.4) is 0 Å². The van der Waals surface area contributed by atoms with E-state index >= 15 is 0 Å². The minimum atomic E-state index is -0.120. The Balaban J connectivity index is 1.51. The number of piperazine rings is 1. The first-order valence-electron chi connectivity index (χ1n) is 7.84. The van der Waals surface area contributed by atoms with Crippen LogP contribution >= 0.6 is 11.3 Å². The number of anilines is 1. The van der Waals surface area contributed by atoms with Crippen molar-refractivity contribution in [2.45, 2.75) is 13.5 Å². The van der Waals surface area contributed by atoms with E-state index in [1.165, 1.54) is 7.11 Å². The predicted molar refractivity (Wildman–Crippen MR) is 93.5 cm³/mol. The maximum atomic E-state index is 12.4. The fourth-order valence-electron chi connectivity index (χ4n) is 2.66. The summed E-state index contributed by atoms with van der Waals surface area (Å²) in [5, 5.41) is 6.06. The van der Waals surface area contributed by atoms with E-state index in [0.29, 0.717) is 24.7 Å². The molecule has 0 aromatic carbocycles. The van der Waals surface area contributed by atoms with Crippen LogP contribution in [0.15, 0.2) is 23.7 Å².